The average Bonchev–Trinajstić information content (AvgIpc) is 1.79. The van der Waals surface area contributed by atoms with Crippen LogP contribution in [0.15, 0.2) is 0 Å². The van der Waals surface area contributed by atoms with Crippen LogP contribution in [0.4, 0.5) is 0 Å². The quantitative estimate of drug-likeness (QED) is 0.453. The maximum absolute atomic E-state index is 10.3. The zero-order valence-electron chi connectivity index (χ0n) is 5.47. The lowest BCUT2D eigenvalue weighted by Crippen LogP contribution is -2.01. The van der Waals surface area contributed by atoms with Gasteiger partial charge in [0.05, 0.1) is 6.42 Å². The van der Waals surface area contributed by atoms with Crippen LogP contribution < -0.4 is 0 Å². The lowest BCUT2D eigenvalue weighted by atomic mass is 10.3. The topological polar surface area (TPSA) is 101 Å². The molecule has 0 aromatic heterocycles. The number of carbonyl (C=O) groups is 2. The number of rotatable bonds is 4. The standard InChI is InChI=1S/C4H7O6P/c5-3-1-2-4(6)10-11(7,8)9/h3H,1-2H2,(H2,7,8,9). The van der Waals surface area contributed by atoms with Crippen LogP contribution >= 0.6 is 7.82 Å². The average molecular weight is 182 g/mol. The number of hydrogen-bond acceptors (Lipinski definition) is 4. The minimum absolute atomic E-state index is 0.0984. The van der Waals surface area contributed by atoms with Crippen molar-refractivity contribution in [1.82, 2.24) is 0 Å². The SMILES string of the molecule is O=CCCC(=O)OP(=O)(O)O. The highest BCUT2D eigenvalue weighted by molar-refractivity contribution is 7.46. The summed E-state index contributed by atoms with van der Waals surface area (Å²) >= 11 is 0. The third-order valence-corrected chi connectivity index (χ3v) is 1.13. The molecule has 2 N–H and O–H groups in total. The molecule has 0 unspecified atom stereocenters. The molecule has 0 atom stereocenters. The molecule has 64 valence electrons. The molecule has 11 heavy (non-hydrogen) atoms. The van der Waals surface area contributed by atoms with Gasteiger partial charge in [0.2, 0.25) is 0 Å². The fraction of sp³-hybridized carbons (Fsp3) is 0.500. The smallest absolute Gasteiger partial charge is 0.371 e. The van der Waals surface area contributed by atoms with Gasteiger partial charge in [0, 0.05) is 6.42 Å². The van der Waals surface area contributed by atoms with E-state index in [1.807, 2.05) is 0 Å². The van der Waals surface area contributed by atoms with E-state index < -0.39 is 13.8 Å². The number of hydrogen-bond donors (Lipinski definition) is 2. The molecule has 0 fully saturated rings. The van der Waals surface area contributed by atoms with Crippen LogP contribution in [0.2, 0.25) is 0 Å². The Kier molecular flexibility index (Phi) is 3.95. The monoisotopic (exact) mass is 182 g/mol. The van der Waals surface area contributed by atoms with Gasteiger partial charge in [-0.1, -0.05) is 0 Å². The van der Waals surface area contributed by atoms with Crippen LogP contribution in [-0.2, 0) is 18.7 Å². The Morgan fingerprint density at radius 2 is 2.09 bits per heavy atom. The molecule has 0 aliphatic rings. The molecule has 0 aliphatic carbocycles. The molecule has 6 nitrogen and oxygen atoms in total. The summed E-state index contributed by atoms with van der Waals surface area (Å²) in [5.41, 5.74) is 0. The highest BCUT2D eigenvalue weighted by Gasteiger charge is 2.19. The van der Waals surface area contributed by atoms with Crippen molar-refractivity contribution in [2.24, 2.45) is 0 Å². The van der Waals surface area contributed by atoms with Crippen LogP contribution in [0.5, 0.6) is 0 Å². The van der Waals surface area contributed by atoms with E-state index in [1.54, 1.807) is 0 Å². The first-order valence-electron chi connectivity index (χ1n) is 2.67. The van der Waals surface area contributed by atoms with E-state index in [9.17, 15) is 14.2 Å². The first-order chi connectivity index (χ1) is 4.95. The lowest BCUT2D eigenvalue weighted by Gasteiger charge is -2.02. The predicted molar refractivity (Wildman–Crippen MR) is 33.4 cm³/mol. The largest absolute Gasteiger partial charge is 0.526 e. The van der Waals surface area contributed by atoms with Gasteiger partial charge in [-0.2, -0.15) is 0 Å². The zero-order valence-corrected chi connectivity index (χ0v) is 6.36. The molecular formula is C4H7O6P. The van der Waals surface area contributed by atoms with Gasteiger partial charge in [0.25, 0.3) is 0 Å². The summed E-state index contributed by atoms with van der Waals surface area (Å²) < 4.78 is 13.6. The van der Waals surface area contributed by atoms with Crippen molar-refractivity contribution in [3.05, 3.63) is 0 Å². The third kappa shape index (κ3) is 7.18. The zero-order chi connectivity index (χ0) is 8.91. The van der Waals surface area contributed by atoms with Crippen molar-refractivity contribution in [3.8, 4) is 0 Å². The van der Waals surface area contributed by atoms with Crippen LogP contribution in [0.25, 0.3) is 0 Å². The minimum Gasteiger partial charge on any atom is -0.371 e. The summed E-state index contributed by atoms with van der Waals surface area (Å²) in [4.78, 5) is 36.2. The van der Waals surface area contributed by atoms with Crippen molar-refractivity contribution in [2.45, 2.75) is 12.8 Å². The number of aldehydes is 1. The summed E-state index contributed by atoms with van der Waals surface area (Å²) in [6, 6.07) is 0. The molecule has 0 bridgehead atoms. The molecule has 7 heteroatoms. The second-order valence-corrected chi connectivity index (χ2v) is 2.82. The van der Waals surface area contributed by atoms with Gasteiger partial charge in [-0.15, -0.1) is 0 Å². The molecule has 0 rings (SSSR count). The normalized spacial score (nSPS) is 10.7. The van der Waals surface area contributed by atoms with E-state index >= 15 is 0 Å². The van der Waals surface area contributed by atoms with Crippen molar-refractivity contribution < 1.29 is 28.5 Å². The Bertz CT molecular complexity index is 193. The molecule has 0 saturated heterocycles. The van der Waals surface area contributed by atoms with Crippen LogP contribution in [0.3, 0.4) is 0 Å². The van der Waals surface area contributed by atoms with Gasteiger partial charge in [0.1, 0.15) is 6.29 Å². The second kappa shape index (κ2) is 4.23. The van der Waals surface area contributed by atoms with Gasteiger partial charge < -0.3 is 9.32 Å². The molecule has 0 saturated carbocycles. The highest BCUT2D eigenvalue weighted by Crippen LogP contribution is 2.36. The first kappa shape index (κ1) is 10.3. The minimum atomic E-state index is -4.73. The molecule has 0 heterocycles. The third-order valence-electron chi connectivity index (χ3n) is 0.687. The van der Waals surface area contributed by atoms with Gasteiger partial charge in [-0.3, -0.25) is 14.6 Å². The summed E-state index contributed by atoms with van der Waals surface area (Å²) in [6.45, 7) is 0. The Hall–Kier alpha value is -0.710. The van der Waals surface area contributed by atoms with Crippen molar-refractivity contribution in [1.29, 1.82) is 0 Å². The van der Waals surface area contributed by atoms with Gasteiger partial charge >= 0.3 is 13.8 Å². The van der Waals surface area contributed by atoms with E-state index in [-0.39, 0.29) is 12.8 Å². The number of phosphoric ester groups is 1. The second-order valence-electron chi connectivity index (χ2n) is 1.66. The lowest BCUT2D eigenvalue weighted by molar-refractivity contribution is -0.136. The van der Waals surface area contributed by atoms with Crippen molar-refractivity contribution in [2.75, 3.05) is 0 Å². The van der Waals surface area contributed by atoms with Gasteiger partial charge in [0.15, 0.2) is 0 Å². The molecule has 0 radical (unpaired) electrons. The van der Waals surface area contributed by atoms with Gasteiger partial charge in [-0.25, -0.2) is 4.57 Å². The van der Waals surface area contributed by atoms with Crippen molar-refractivity contribution in [3.63, 3.8) is 0 Å². The van der Waals surface area contributed by atoms with E-state index in [4.69, 9.17) is 9.79 Å². The number of carbonyl (C=O) groups excluding carboxylic acids is 2. The number of phosphoric acid groups is 1. The first-order valence-corrected chi connectivity index (χ1v) is 4.20. The van der Waals surface area contributed by atoms with Crippen molar-refractivity contribution >= 4 is 20.1 Å². The molecular weight excluding hydrogens is 175 g/mol. The van der Waals surface area contributed by atoms with Crippen LogP contribution in [0, 0.1) is 0 Å². The fourth-order valence-electron chi connectivity index (χ4n) is 0.355. The Morgan fingerprint density at radius 3 is 2.45 bits per heavy atom. The molecule has 0 amide bonds. The summed E-state index contributed by atoms with van der Waals surface area (Å²) in [5.74, 6) is -1.08. The van der Waals surface area contributed by atoms with Crippen LogP contribution in [0.1, 0.15) is 12.8 Å². The Labute approximate surface area is 62.4 Å². The Morgan fingerprint density at radius 1 is 1.55 bits per heavy atom. The van der Waals surface area contributed by atoms with E-state index in [0.29, 0.717) is 6.29 Å². The maximum atomic E-state index is 10.3. The van der Waals surface area contributed by atoms with E-state index in [2.05, 4.69) is 4.52 Å². The maximum Gasteiger partial charge on any atom is 0.526 e. The summed E-state index contributed by atoms with van der Waals surface area (Å²) in [7, 11) is -4.73. The molecule has 0 aliphatic heterocycles. The van der Waals surface area contributed by atoms with E-state index in [0.717, 1.165) is 0 Å². The summed E-state index contributed by atoms with van der Waals surface area (Å²) in [6.07, 6.45) is 0.0500. The summed E-state index contributed by atoms with van der Waals surface area (Å²) in [5, 5.41) is 0. The van der Waals surface area contributed by atoms with E-state index in [1.165, 1.54) is 0 Å². The molecule has 0 aromatic carbocycles. The van der Waals surface area contributed by atoms with Crippen LogP contribution in [-0.4, -0.2) is 22.0 Å². The predicted octanol–water partition coefficient (Wildman–Crippen LogP) is -0.399. The molecule has 0 spiro atoms. The molecule has 0 aromatic rings. The fourth-order valence-corrected chi connectivity index (χ4v) is 0.712. The Balaban J connectivity index is 3.70. The van der Waals surface area contributed by atoms with Gasteiger partial charge in [-0.05, 0) is 0 Å². The highest BCUT2D eigenvalue weighted by atomic mass is 31.2.